The van der Waals surface area contributed by atoms with Crippen LogP contribution in [-0.2, 0) is 12.8 Å². The normalized spacial score (nSPS) is 9.60. The quantitative estimate of drug-likeness (QED) is 0.213. The van der Waals surface area contributed by atoms with Crippen LogP contribution < -0.4 is 0 Å². The van der Waals surface area contributed by atoms with Crippen molar-refractivity contribution in [2.24, 2.45) is 10.2 Å². The van der Waals surface area contributed by atoms with E-state index in [2.05, 4.69) is 20.1 Å². The average Bonchev–Trinajstić information content (AvgIpc) is 2.54. The summed E-state index contributed by atoms with van der Waals surface area (Å²) in [5.41, 5.74) is 13.3. The lowest BCUT2D eigenvalue weighted by atomic mass is 9.98. The smallest absolute Gasteiger partial charge is 0.258 e. The molecule has 0 unspecified atom stereocenters. The predicted molar refractivity (Wildman–Crippen MR) is 81.8 cm³/mol. The molecule has 0 radical (unpaired) electrons. The second-order valence-corrected chi connectivity index (χ2v) is 4.40. The summed E-state index contributed by atoms with van der Waals surface area (Å²) in [7, 11) is 0. The molecule has 0 aliphatic carbocycles. The second kappa shape index (κ2) is 8.61. The summed E-state index contributed by atoms with van der Waals surface area (Å²) in [5, 5.41) is 40.1. The van der Waals surface area contributed by atoms with E-state index in [0.29, 0.717) is 6.07 Å². The third kappa shape index (κ3) is 4.51. The largest absolute Gasteiger partial charge is 0.289 e. The van der Waals surface area contributed by atoms with Gasteiger partial charge in [-0.15, -0.1) is 0 Å². The van der Waals surface area contributed by atoms with Gasteiger partial charge in [0.2, 0.25) is 0 Å². The third-order valence-electron chi connectivity index (χ3n) is 3.09. The molecular weight excluding hydrogens is 342 g/mol. The Hall–Kier alpha value is -3.96. The fraction of sp³-hybridized carbons (Fsp3) is 0.400. The van der Waals surface area contributed by atoms with Crippen molar-refractivity contribution in [2.75, 3.05) is 13.1 Å². The van der Waals surface area contributed by atoms with E-state index >= 15 is 0 Å². The van der Waals surface area contributed by atoms with E-state index in [1.807, 2.05) is 0 Å². The number of nitrogens with zero attached hydrogens (tertiary/aromatic N) is 9. The number of benzene rings is 1. The zero-order chi connectivity index (χ0) is 19.0. The fourth-order valence-electron chi connectivity index (χ4n) is 2.18. The lowest BCUT2D eigenvalue weighted by Gasteiger charge is -2.08. The fourth-order valence-corrected chi connectivity index (χ4v) is 2.18. The lowest BCUT2D eigenvalue weighted by Crippen LogP contribution is -2.10. The van der Waals surface area contributed by atoms with Crippen LogP contribution in [0.5, 0.6) is 0 Å². The molecule has 0 N–H and O–H groups in total. The van der Waals surface area contributed by atoms with Gasteiger partial charge in [0.25, 0.3) is 17.1 Å². The highest BCUT2D eigenvalue weighted by Gasteiger charge is 2.35. The Morgan fingerprint density at radius 3 is 1.52 bits per heavy atom. The van der Waals surface area contributed by atoms with Crippen LogP contribution in [0.4, 0.5) is 17.1 Å². The minimum Gasteiger partial charge on any atom is -0.258 e. The molecule has 0 bridgehead atoms. The Bertz CT molecular complexity index is 766. The van der Waals surface area contributed by atoms with Crippen molar-refractivity contribution >= 4 is 17.1 Å². The van der Waals surface area contributed by atoms with Gasteiger partial charge in [0.1, 0.15) is 11.1 Å². The van der Waals surface area contributed by atoms with Gasteiger partial charge < -0.3 is 0 Å². The molecule has 0 aliphatic rings. The molecule has 15 heteroatoms. The molecule has 0 amide bonds. The summed E-state index contributed by atoms with van der Waals surface area (Å²) in [5.74, 6) is 0. The van der Waals surface area contributed by atoms with Crippen molar-refractivity contribution in [1.82, 2.24) is 0 Å². The maximum atomic E-state index is 11.4. The Balaban J connectivity index is 3.75. The molecule has 1 rings (SSSR count). The average molecular weight is 351 g/mol. The Kier molecular flexibility index (Phi) is 6.58. The van der Waals surface area contributed by atoms with Crippen LogP contribution in [0, 0.1) is 30.3 Å². The highest BCUT2D eigenvalue weighted by atomic mass is 16.6. The van der Waals surface area contributed by atoms with Crippen molar-refractivity contribution in [3.63, 3.8) is 0 Å². The van der Waals surface area contributed by atoms with Gasteiger partial charge in [0, 0.05) is 22.9 Å². The van der Waals surface area contributed by atoms with E-state index in [-0.39, 0.29) is 25.9 Å². The first kappa shape index (κ1) is 19.1. The molecule has 1 aromatic carbocycles. The van der Waals surface area contributed by atoms with E-state index in [9.17, 15) is 30.3 Å². The zero-order valence-corrected chi connectivity index (χ0v) is 12.4. The van der Waals surface area contributed by atoms with Gasteiger partial charge in [-0.1, -0.05) is 10.2 Å². The first-order valence-electron chi connectivity index (χ1n) is 6.48. The van der Waals surface area contributed by atoms with Crippen LogP contribution in [0.2, 0.25) is 0 Å². The molecule has 0 spiro atoms. The van der Waals surface area contributed by atoms with Crippen molar-refractivity contribution in [3.8, 4) is 0 Å². The van der Waals surface area contributed by atoms with E-state index in [0.717, 1.165) is 0 Å². The van der Waals surface area contributed by atoms with Gasteiger partial charge in [-0.2, -0.15) is 0 Å². The van der Waals surface area contributed by atoms with Gasteiger partial charge in [0.15, 0.2) is 0 Å². The molecule has 1 aromatic rings. The second-order valence-electron chi connectivity index (χ2n) is 4.40. The topological polar surface area (TPSA) is 227 Å². The zero-order valence-electron chi connectivity index (χ0n) is 12.4. The van der Waals surface area contributed by atoms with Gasteiger partial charge in [-0.3, -0.25) is 30.3 Å². The Labute approximate surface area is 137 Å². The van der Waals surface area contributed by atoms with Crippen LogP contribution in [0.15, 0.2) is 16.3 Å². The predicted octanol–water partition coefficient (Wildman–Crippen LogP) is 3.12. The SMILES string of the molecule is [N-]=[N+]=NCCc1c([N+](=O)[O-])cc([N+](=O)[O-])c(CCN=[N+]=[N-])c1[N+](=O)[O-]. The lowest BCUT2D eigenvalue weighted by molar-refractivity contribution is -0.405. The number of nitro benzene ring substituents is 3. The first-order chi connectivity index (χ1) is 11.8. The van der Waals surface area contributed by atoms with E-state index in [1.54, 1.807) is 0 Å². The summed E-state index contributed by atoms with van der Waals surface area (Å²) in [6, 6.07) is 0.615. The summed E-state index contributed by atoms with van der Waals surface area (Å²) in [6.45, 7) is -0.627. The number of hydrogen-bond acceptors (Lipinski definition) is 8. The molecule has 0 aliphatic heterocycles. The number of hydrogen-bond donors (Lipinski definition) is 0. The summed E-state index contributed by atoms with van der Waals surface area (Å²) in [4.78, 5) is 35.7. The van der Waals surface area contributed by atoms with Crippen molar-refractivity contribution < 1.29 is 14.8 Å². The van der Waals surface area contributed by atoms with Crippen molar-refractivity contribution in [2.45, 2.75) is 12.8 Å². The number of rotatable bonds is 9. The number of azide groups is 2. The molecule has 0 atom stereocenters. The maximum absolute atomic E-state index is 11.4. The molecule has 25 heavy (non-hydrogen) atoms. The van der Waals surface area contributed by atoms with E-state index in [1.165, 1.54) is 0 Å². The summed E-state index contributed by atoms with van der Waals surface area (Å²) >= 11 is 0. The molecule has 130 valence electrons. The van der Waals surface area contributed by atoms with Crippen LogP contribution in [-0.4, -0.2) is 27.9 Å². The highest BCUT2D eigenvalue weighted by Crippen LogP contribution is 2.39. The molecule has 0 heterocycles. The monoisotopic (exact) mass is 351 g/mol. The molecule has 0 aromatic heterocycles. The molecular formula is C10H9N9O6. The number of nitro groups is 3. The molecule has 0 saturated carbocycles. The van der Waals surface area contributed by atoms with Crippen LogP contribution in [0.3, 0.4) is 0 Å². The van der Waals surface area contributed by atoms with Crippen LogP contribution in [0.1, 0.15) is 11.1 Å². The maximum Gasteiger partial charge on any atom is 0.289 e. The van der Waals surface area contributed by atoms with E-state index in [4.69, 9.17) is 11.1 Å². The van der Waals surface area contributed by atoms with Crippen LogP contribution >= 0.6 is 0 Å². The minimum atomic E-state index is -0.983. The Morgan fingerprint density at radius 1 is 0.840 bits per heavy atom. The van der Waals surface area contributed by atoms with Gasteiger partial charge in [-0.05, 0) is 23.9 Å². The Morgan fingerprint density at radius 2 is 1.24 bits per heavy atom. The summed E-state index contributed by atoms with van der Waals surface area (Å²) < 4.78 is 0. The molecule has 0 fully saturated rings. The van der Waals surface area contributed by atoms with Gasteiger partial charge >= 0.3 is 0 Å². The van der Waals surface area contributed by atoms with E-state index < -0.39 is 43.0 Å². The minimum absolute atomic E-state index is 0.314. The third-order valence-corrected chi connectivity index (χ3v) is 3.09. The molecule has 15 nitrogen and oxygen atoms in total. The summed E-state index contributed by atoms with van der Waals surface area (Å²) in [6.07, 6.45) is -0.716. The highest BCUT2D eigenvalue weighted by molar-refractivity contribution is 5.67. The van der Waals surface area contributed by atoms with Crippen molar-refractivity contribution in [3.05, 3.63) is 68.4 Å². The molecule has 0 saturated heterocycles. The van der Waals surface area contributed by atoms with Gasteiger partial charge in [-0.25, -0.2) is 0 Å². The first-order valence-corrected chi connectivity index (χ1v) is 6.48. The standard InChI is InChI=1S/C10H9N9O6/c11-15-13-3-1-6-8(17(20)21)5-9(18(22)23)7(2-4-14-16-12)10(6)19(24)25/h5H,1-4H2. The van der Waals surface area contributed by atoms with Gasteiger partial charge in [0.05, 0.1) is 20.8 Å². The van der Waals surface area contributed by atoms with Crippen molar-refractivity contribution in [1.29, 1.82) is 0 Å². The van der Waals surface area contributed by atoms with Crippen LogP contribution in [0.25, 0.3) is 20.9 Å².